The van der Waals surface area contributed by atoms with E-state index in [0.717, 1.165) is 11.0 Å². The number of amides is 4. The molecule has 2 saturated heterocycles. The van der Waals surface area contributed by atoms with E-state index in [4.69, 9.17) is 21.1 Å². The molecule has 14 heteroatoms. The number of esters is 1. The van der Waals surface area contributed by atoms with Gasteiger partial charge >= 0.3 is 5.97 Å². The minimum absolute atomic E-state index is 0.0793. The highest BCUT2D eigenvalue weighted by Crippen LogP contribution is 2.31. The number of methoxy groups -OCH3 is 1. The van der Waals surface area contributed by atoms with Crippen molar-refractivity contribution in [2.75, 3.05) is 26.7 Å². The van der Waals surface area contributed by atoms with Gasteiger partial charge in [0.1, 0.15) is 12.1 Å². The van der Waals surface area contributed by atoms with Crippen LogP contribution in [-0.2, 0) is 30.3 Å². The van der Waals surface area contributed by atoms with Crippen molar-refractivity contribution in [3.63, 3.8) is 0 Å². The molecule has 3 rings (SSSR count). The van der Waals surface area contributed by atoms with E-state index in [1.54, 1.807) is 20.8 Å². The van der Waals surface area contributed by atoms with Crippen LogP contribution in [-0.4, -0.2) is 93.2 Å². The Kier molecular flexibility index (Phi) is 9.03. The van der Waals surface area contributed by atoms with Gasteiger partial charge in [-0.25, -0.2) is 4.98 Å². The number of piperidine rings is 1. The first-order chi connectivity index (χ1) is 17.3. The quantitative estimate of drug-likeness (QED) is 0.379. The summed E-state index contributed by atoms with van der Waals surface area (Å²) in [6.45, 7) is 6.80. The third-order valence-electron chi connectivity index (χ3n) is 5.62. The maximum absolute atomic E-state index is 12.9. The van der Waals surface area contributed by atoms with Gasteiger partial charge in [-0.05, 0) is 45.4 Å². The van der Waals surface area contributed by atoms with E-state index in [-0.39, 0.29) is 29.0 Å². The van der Waals surface area contributed by atoms with Crippen LogP contribution in [0.15, 0.2) is 11.0 Å². The largest absolute Gasteiger partial charge is 0.459 e. The standard InChI is InChI=1S/C23H30ClN5O7S/c1-6-12-18(24)27-19(25-12)20(32)26-13-7-8-28(10-14(13)35-5)16(30)9-15-21(33)29(22(34)37-15)11-17(31)36-23(2,3)4/h9,13-14H,6-8,10-11H2,1-5H3,(H,25,27)(H,26,32)/t13-,14+/m1/s1. The number of halogens is 1. The van der Waals surface area contributed by atoms with Crippen molar-refractivity contribution in [3.8, 4) is 0 Å². The van der Waals surface area contributed by atoms with Gasteiger partial charge in [-0.1, -0.05) is 18.5 Å². The highest BCUT2D eigenvalue weighted by Gasteiger charge is 2.39. The number of nitrogens with one attached hydrogen (secondary N) is 2. The lowest BCUT2D eigenvalue weighted by Gasteiger charge is -2.37. The molecule has 0 aromatic carbocycles. The van der Waals surface area contributed by atoms with Gasteiger partial charge in [0.15, 0.2) is 11.0 Å². The van der Waals surface area contributed by atoms with Crippen molar-refractivity contribution in [1.29, 1.82) is 0 Å². The zero-order chi connectivity index (χ0) is 27.5. The smallest absolute Gasteiger partial charge is 0.326 e. The molecule has 12 nitrogen and oxygen atoms in total. The van der Waals surface area contributed by atoms with E-state index in [0.29, 0.717) is 30.3 Å². The van der Waals surface area contributed by atoms with E-state index in [1.807, 2.05) is 6.92 Å². The Bertz CT molecular complexity index is 1130. The average Bonchev–Trinajstić information content (AvgIpc) is 3.32. The monoisotopic (exact) mass is 555 g/mol. The Hall–Kier alpha value is -2.90. The second-order valence-corrected chi connectivity index (χ2v) is 10.8. The normalized spacial score (nSPS) is 21.5. The Morgan fingerprint density at radius 3 is 2.59 bits per heavy atom. The van der Waals surface area contributed by atoms with Crippen molar-refractivity contribution < 1.29 is 33.4 Å². The Morgan fingerprint density at radius 2 is 2.00 bits per heavy atom. The second-order valence-electron chi connectivity index (χ2n) is 9.49. The molecular formula is C23H30ClN5O7S. The van der Waals surface area contributed by atoms with Gasteiger partial charge < -0.3 is 24.7 Å². The summed E-state index contributed by atoms with van der Waals surface area (Å²) in [5, 5.41) is 2.45. The fraction of sp³-hybridized carbons (Fsp3) is 0.565. The average molecular weight is 556 g/mol. The molecule has 2 aliphatic rings. The first kappa shape index (κ1) is 28.7. The fourth-order valence-electron chi connectivity index (χ4n) is 3.83. The number of likely N-dealkylation sites (tertiary alicyclic amines) is 1. The van der Waals surface area contributed by atoms with E-state index < -0.39 is 53.2 Å². The lowest BCUT2D eigenvalue weighted by atomic mass is 10.0. The van der Waals surface area contributed by atoms with Gasteiger partial charge in [0.25, 0.3) is 17.1 Å². The number of imidazole rings is 1. The summed E-state index contributed by atoms with van der Waals surface area (Å²) in [6.07, 6.45) is 1.55. The molecule has 3 heterocycles. The van der Waals surface area contributed by atoms with Crippen LogP contribution in [0.25, 0.3) is 0 Å². The molecular weight excluding hydrogens is 526 g/mol. The molecule has 37 heavy (non-hydrogen) atoms. The van der Waals surface area contributed by atoms with E-state index in [1.165, 1.54) is 12.0 Å². The molecule has 1 aromatic heterocycles. The maximum Gasteiger partial charge on any atom is 0.326 e. The summed E-state index contributed by atoms with van der Waals surface area (Å²) in [6, 6.07) is -0.392. The van der Waals surface area contributed by atoms with Crippen LogP contribution >= 0.6 is 23.4 Å². The number of H-pyrrole nitrogens is 1. The summed E-state index contributed by atoms with van der Waals surface area (Å²) in [5.41, 5.74) is -0.108. The molecule has 0 spiro atoms. The molecule has 2 aliphatic heterocycles. The number of aromatic amines is 1. The van der Waals surface area contributed by atoms with Gasteiger partial charge in [0.05, 0.1) is 22.7 Å². The number of hydrogen-bond acceptors (Lipinski definition) is 9. The first-order valence-electron chi connectivity index (χ1n) is 11.7. The van der Waals surface area contributed by atoms with Crippen LogP contribution in [0.1, 0.15) is 50.4 Å². The predicted octanol–water partition coefficient (Wildman–Crippen LogP) is 1.89. The number of imide groups is 1. The Labute approximate surface area is 223 Å². The minimum Gasteiger partial charge on any atom is -0.459 e. The highest BCUT2D eigenvalue weighted by atomic mass is 35.5. The number of aryl methyl sites for hydroxylation is 1. The molecule has 0 unspecified atom stereocenters. The lowest BCUT2D eigenvalue weighted by molar-refractivity contribution is -0.156. The molecule has 2 atom stereocenters. The Morgan fingerprint density at radius 1 is 1.30 bits per heavy atom. The summed E-state index contributed by atoms with van der Waals surface area (Å²) in [5.74, 6) is -2.29. The van der Waals surface area contributed by atoms with Crippen LogP contribution < -0.4 is 5.32 Å². The van der Waals surface area contributed by atoms with Crippen LogP contribution in [0.3, 0.4) is 0 Å². The SMILES string of the molecule is CCc1[nH]c(C(=O)N[C@@H]2CCN(C(=O)C=C3SC(=O)N(CC(=O)OC(C)(C)C)C3=O)C[C@@H]2OC)nc1Cl. The molecule has 2 fully saturated rings. The molecule has 1 aromatic rings. The van der Waals surface area contributed by atoms with Crippen molar-refractivity contribution >= 4 is 52.3 Å². The van der Waals surface area contributed by atoms with Gasteiger partial charge in [-0.2, -0.15) is 0 Å². The molecule has 0 radical (unpaired) electrons. The number of aromatic nitrogens is 2. The number of rotatable bonds is 7. The molecule has 0 saturated carbocycles. The van der Waals surface area contributed by atoms with E-state index in [2.05, 4.69) is 15.3 Å². The van der Waals surface area contributed by atoms with Gasteiger partial charge in [-0.15, -0.1) is 0 Å². The molecule has 4 amide bonds. The summed E-state index contributed by atoms with van der Waals surface area (Å²) in [4.78, 5) is 71.6. The number of carbonyl (C=O) groups is 5. The molecule has 2 N–H and O–H groups in total. The van der Waals surface area contributed by atoms with Crippen molar-refractivity contribution in [2.24, 2.45) is 0 Å². The number of nitrogens with zero attached hydrogens (tertiary/aromatic N) is 3. The number of thioether (sulfide) groups is 1. The molecule has 0 aliphatic carbocycles. The fourth-order valence-corrected chi connectivity index (χ4v) is 4.90. The first-order valence-corrected chi connectivity index (χ1v) is 12.9. The van der Waals surface area contributed by atoms with E-state index in [9.17, 15) is 24.0 Å². The summed E-state index contributed by atoms with van der Waals surface area (Å²) in [7, 11) is 1.47. The van der Waals surface area contributed by atoms with Crippen molar-refractivity contribution in [1.82, 2.24) is 25.1 Å². The van der Waals surface area contributed by atoms with Crippen LogP contribution in [0.2, 0.25) is 5.15 Å². The van der Waals surface area contributed by atoms with Crippen LogP contribution in [0.5, 0.6) is 0 Å². The minimum atomic E-state index is -0.766. The Balaban J connectivity index is 1.60. The van der Waals surface area contributed by atoms with Gasteiger partial charge in [0, 0.05) is 26.3 Å². The van der Waals surface area contributed by atoms with Crippen LogP contribution in [0.4, 0.5) is 4.79 Å². The maximum atomic E-state index is 12.9. The predicted molar refractivity (Wildman–Crippen MR) is 135 cm³/mol. The van der Waals surface area contributed by atoms with Gasteiger partial charge in [0.2, 0.25) is 5.91 Å². The third-order valence-corrected chi connectivity index (χ3v) is 6.84. The highest BCUT2D eigenvalue weighted by molar-refractivity contribution is 8.18. The topological polar surface area (TPSA) is 151 Å². The third kappa shape index (κ3) is 7.11. The lowest BCUT2D eigenvalue weighted by Crippen LogP contribution is -2.56. The number of ether oxygens (including phenoxy) is 2. The summed E-state index contributed by atoms with van der Waals surface area (Å²) < 4.78 is 10.7. The summed E-state index contributed by atoms with van der Waals surface area (Å²) >= 11 is 6.61. The zero-order valence-electron chi connectivity index (χ0n) is 21.3. The van der Waals surface area contributed by atoms with E-state index >= 15 is 0 Å². The van der Waals surface area contributed by atoms with Crippen molar-refractivity contribution in [3.05, 3.63) is 27.7 Å². The number of hydrogen-bond donors (Lipinski definition) is 2. The van der Waals surface area contributed by atoms with Crippen LogP contribution in [0, 0.1) is 0 Å². The second kappa shape index (κ2) is 11.7. The molecule has 202 valence electrons. The zero-order valence-corrected chi connectivity index (χ0v) is 22.8. The van der Waals surface area contributed by atoms with Crippen molar-refractivity contribution in [2.45, 2.75) is 58.3 Å². The van der Waals surface area contributed by atoms with Gasteiger partial charge in [-0.3, -0.25) is 28.9 Å². The number of carbonyl (C=O) groups excluding carboxylic acids is 5. The molecule has 0 bridgehead atoms.